The molecule has 2 rings (SSSR count). The van der Waals surface area contributed by atoms with Crippen LogP contribution in [0.3, 0.4) is 0 Å². The molecule has 1 amide bonds. The minimum absolute atomic E-state index is 0.0471. The van der Waals surface area contributed by atoms with Crippen LogP contribution in [0.25, 0.3) is 0 Å². The SMILES string of the molecule is CC(C)OC(=O)NC1(C(=O)OC(C)(C)C)COCC1OCc1ccccc1. The molecular weight excluding hydrogens is 350 g/mol. The Bertz CT molecular complexity index is 640. The molecule has 0 saturated carbocycles. The van der Waals surface area contributed by atoms with Crippen molar-refractivity contribution in [3.8, 4) is 0 Å². The van der Waals surface area contributed by atoms with Crippen molar-refractivity contribution in [2.75, 3.05) is 13.2 Å². The van der Waals surface area contributed by atoms with Crippen LogP contribution in [0.5, 0.6) is 0 Å². The van der Waals surface area contributed by atoms with Crippen molar-refractivity contribution in [2.45, 2.75) is 64.6 Å². The highest BCUT2D eigenvalue weighted by atomic mass is 16.6. The fourth-order valence-corrected chi connectivity index (χ4v) is 2.68. The second-order valence-electron chi connectivity index (χ2n) is 7.85. The maximum absolute atomic E-state index is 13.0. The Balaban J connectivity index is 2.20. The molecule has 0 bridgehead atoms. The Morgan fingerprint density at radius 2 is 1.93 bits per heavy atom. The molecule has 7 nitrogen and oxygen atoms in total. The van der Waals surface area contributed by atoms with E-state index in [-0.39, 0.29) is 25.9 Å². The number of nitrogens with one attached hydrogen (secondary N) is 1. The summed E-state index contributed by atoms with van der Waals surface area (Å²) >= 11 is 0. The largest absolute Gasteiger partial charge is 0.458 e. The molecule has 7 heteroatoms. The van der Waals surface area contributed by atoms with E-state index in [1.165, 1.54) is 0 Å². The Morgan fingerprint density at radius 3 is 2.52 bits per heavy atom. The van der Waals surface area contributed by atoms with Crippen molar-refractivity contribution in [1.29, 1.82) is 0 Å². The molecule has 1 fully saturated rings. The van der Waals surface area contributed by atoms with Crippen LogP contribution < -0.4 is 5.32 Å². The van der Waals surface area contributed by atoms with Crippen molar-refractivity contribution in [3.05, 3.63) is 35.9 Å². The lowest BCUT2D eigenvalue weighted by molar-refractivity contribution is -0.168. The summed E-state index contributed by atoms with van der Waals surface area (Å²) in [5, 5.41) is 2.65. The first kappa shape index (κ1) is 21.2. The maximum Gasteiger partial charge on any atom is 0.408 e. The predicted octanol–water partition coefficient (Wildman–Crippen LogP) is 2.82. The molecule has 0 aliphatic carbocycles. The molecule has 1 saturated heterocycles. The molecule has 1 aromatic rings. The first-order valence-corrected chi connectivity index (χ1v) is 9.08. The van der Waals surface area contributed by atoms with E-state index < -0.39 is 29.3 Å². The van der Waals surface area contributed by atoms with E-state index >= 15 is 0 Å². The average molecular weight is 379 g/mol. The second-order valence-corrected chi connectivity index (χ2v) is 7.85. The average Bonchev–Trinajstić information content (AvgIpc) is 2.95. The minimum Gasteiger partial charge on any atom is -0.458 e. The zero-order valence-corrected chi connectivity index (χ0v) is 16.6. The van der Waals surface area contributed by atoms with Gasteiger partial charge >= 0.3 is 12.1 Å². The maximum atomic E-state index is 13.0. The van der Waals surface area contributed by atoms with E-state index in [0.29, 0.717) is 0 Å². The molecule has 2 atom stereocenters. The van der Waals surface area contributed by atoms with E-state index in [9.17, 15) is 9.59 Å². The van der Waals surface area contributed by atoms with Gasteiger partial charge in [0, 0.05) is 0 Å². The predicted molar refractivity (Wildman–Crippen MR) is 99.2 cm³/mol. The highest BCUT2D eigenvalue weighted by Crippen LogP contribution is 2.27. The molecule has 1 aliphatic rings. The summed E-state index contributed by atoms with van der Waals surface area (Å²) in [6.45, 7) is 9.15. The first-order valence-electron chi connectivity index (χ1n) is 9.08. The van der Waals surface area contributed by atoms with E-state index in [2.05, 4.69) is 5.32 Å². The number of rotatable bonds is 6. The molecule has 27 heavy (non-hydrogen) atoms. The normalized spacial score (nSPS) is 22.5. The molecule has 2 unspecified atom stereocenters. The van der Waals surface area contributed by atoms with Gasteiger partial charge < -0.3 is 24.3 Å². The van der Waals surface area contributed by atoms with Crippen LogP contribution in [-0.4, -0.2) is 48.6 Å². The Labute approximate surface area is 160 Å². The number of carbonyl (C=O) groups excluding carboxylic acids is 2. The lowest BCUT2D eigenvalue weighted by Gasteiger charge is -2.34. The van der Waals surface area contributed by atoms with Gasteiger partial charge in [-0.15, -0.1) is 0 Å². The second kappa shape index (κ2) is 8.71. The summed E-state index contributed by atoms with van der Waals surface area (Å²) in [4.78, 5) is 25.2. The highest BCUT2D eigenvalue weighted by molar-refractivity contribution is 5.87. The molecular formula is C20H29NO6. The van der Waals surface area contributed by atoms with Crippen LogP contribution in [0.4, 0.5) is 4.79 Å². The van der Waals surface area contributed by atoms with Gasteiger partial charge in [-0.05, 0) is 40.2 Å². The van der Waals surface area contributed by atoms with E-state index in [4.69, 9.17) is 18.9 Å². The van der Waals surface area contributed by atoms with Crippen molar-refractivity contribution in [2.24, 2.45) is 0 Å². The van der Waals surface area contributed by atoms with Gasteiger partial charge in [0.1, 0.15) is 11.7 Å². The van der Waals surface area contributed by atoms with Crippen LogP contribution in [-0.2, 0) is 30.3 Å². The summed E-state index contributed by atoms with van der Waals surface area (Å²) in [7, 11) is 0. The van der Waals surface area contributed by atoms with Crippen molar-refractivity contribution < 1.29 is 28.5 Å². The molecule has 0 spiro atoms. The number of benzene rings is 1. The van der Waals surface area contributed by atoms with Gasteiger partial charge in [-0.1, -0.05) is 30.3 Å². The van der Waals surface area contributed by atoms with Crippen LogP contribution in [0, 0.1) is 0 Å². The quantitative estimate of drug-likeness (QED) is 0.766. The molecule has 0 aromatic heterocycles. The topological polar surface area (TPSA) is 83.1 Å². The number of amides is 1. The third kappa shape index (κ3) is 5.94. The Morgan fingerprint density at radius 1 is 1.26 bits per heavy atom. The number of hydrogen-bond donors (Lipinski definition) is 1. The lowest BCUT2D eigenvalue weighted by atomic mass is 9.95. The van der Waals surface area contributed by atoms with Gasteiger partial charge in [-0.25, -0.2) is 9.59 Å². The van der Waals surface area contributed by atoms with Gasteiger partial charge in [0.25, 0.3) is 0 Å². The minimum atomic E-state index is -1.46. The lowest BCUT2D eigenvalue weighted by Crippen LogP contribution is -2.64. The fourth-order valence-electron chi connectivity index (χ4n) is 2.68. The summed E-state index contributed by atoms with van der Waals surface area (Å²) in [5.74, 6) is -0.605. The van der Waals surface area contributed by atoms with E-state index in [0.717, 1.165) is 5.56 Å². The Hall–Kier alpha value is -2.12. The van der Waals surface area contributed by atoms with Gasteiger partial charge in [0.15, 0.2) is 5.54 Å². The smallest absolute Gasteiger partial charge is 0.408 e. The zero-order chi connectivity index (χ0) is 20.1. The number of alkyl carbamates (subject to hydrolysis) is 1. The molecule has 0 radical (unpaired) electrons. The third-order valence-corrected chi connectivity index (χ3v) is 3.87. The third-order valence-electron chi connectivity index (χ3n) is 3.87. The van der Waals surface area contributed by atoms with Gasteiger partial charge in [-0.2, -0.15) is 0 Å². The van der Waals surface area contributed by atoms with Crippen molar-refractivity contribution in [1.82, 2.24) is 5.32 Å². The summed E-state index contributed by atoms with van der Waals surface area (Å²) in [5.41, 5.74) is -1.24. The summed E-state index contributed by atoms with van der Waals surface area (Å²) in [6.07, 6.45) is -1.74. The van der Waals surface area contributed by atoms with Crippen LogP contribution in [0.1, 0.15) is 40.2 Å². The van der Waals surface area contributed by atoms with Gasteiger partial charge in [0.2, 0.25) is 0 Å². The summed E-state index contributed by atoms with van der Waals surface area (Å²) < 4.78 is 22.2. The monoisotopic (exact) mass is 379 g/mol. The van der Waals surface area contributed by atoms with Crippen molar-refractivity contribution in [3.63, 3.8) is 0 Å². The highest BCUT2D eigenvalue weighted by Gasteiger charge is 2.55. The van der Waals surface area contributed by atoms with Crippen molar-refractivity contribution >= 4 is 12.1 Å². The van der Waals surface area contributed by atoms with Crippen LogP contribution >= 0.6 is 0 Å². The van der Waals surface area contributed by atoms with Gasteiger partial charge in [0.05, 0.1) is 25.9 Å². The molecule has 1 N–H and O–H groups in total. The van der Waals surface area contributed by atoms with Crippen LogP contribution in [0.15, 0.2) is 30.3 Å². The molecule has 1 aliphatic heterocycles. The number of ether oxygens (including phenoxy) is 4. The standard InChI is InChI=1S/C20H29NO6/c1-14(2)26-18(23)21-20(17(22)27-19(3,4)5)13-24-12-16(20)25-11-15-9-7-6-8-10-15/h6-10,14,16H,11-13H2,1-5H3,(H,21,23). The Kier molecular flexibility index (Phi) is 6.84. The number of hydrogen-bond acceptors (Lipinski definition) is 6. The fraction of sp³-hybridized carbons (Fsp3) is 0.600. The molecule has 1 heterocycles. The summed E-state index contributed by atoms with van der Waals surface area (Å²) in [6, 6.07) is 9.57. The van der Waals surface area contributed by atoms with Crippen LogP contribution in [0.2, 0.25) is 0 Å². The number of carbonyl (C=O) groups is 2. The van der Waals surface area contributed by atoms with E-state index in [1.54, 1.807) is 34.6 Å². The zero-order valence-electron chi connectivity index (χ0n) is 16.6. The first-order chi connectivity index (χ1) is 12.6. The van der Waals surface area contributed by atoms with E-state index in [1.807, 2.05) is 30.3 Å². The number of esters is 1. The molecule has 1 aromatic carbocycles. The molecule has 150 valence electrons. The van der Waals surface area contributed by atoms with Gasteiger partial charge in [-0.3, -0.25) is 0 Å².